The highest BCUT2D eigenvalue weighted by Crippen LogP contribution is 2.25. The first-order chi connectivity index (χ1) is 8.40. The van der Waals surface area contributed by atoms with Crippen molar-refractivity contribution in [3.05, 3.63) is 0 Å². The minimum atomic E-state index is -1.17. The molecule has 1 rings (SSSR count). The van der Waals surface area contributed by atoms with Gasteiger partial charge in [0, 0.05) is 0 Å². The van der Waals surface area contributed by atoms with E-state index in [-0.39, 0.29) is 12.2 Å². The summed E-state index contributed by atoms with van der Waals surface area (Å²) in [7, 11) is 0. The Morgan fingerprint density at radius 1 is 0.778 bits per heavy atom. The second-order valence-electron chi connectivity index (χ2n) is 3.87. The van der Waals surface area contributed by atoms with Crippen LogP contribution in [-0.2, 0) is 19.1 Å². The van der Waals surface area contributed by atoms with E-state index in [0.29, 0.717) is 25.7 Å². The van der Waals surface area contributed by atoms with Crippen LogP contribution in [0.3, 0.4) is 0 Å². The van der Waals surface area contributed by atoms with Crippen LogP contribution in [-0.4, -0.2) is 33.8 Å². The molecule has 1 fully saturated rings. The molecule has 4 nitrogen and oxygen atoms in total. The summed E-state index contributed by atoms with van der Waals surface area (Å²) >= 11 is 21.5. The SMILES string of the molecule is O=C(OC1CCC(OC(=O)C(Cl)Cl)CC1)C(Cl)Cl. The predicted octanol–water partition coefficient (Wildman–Crippen LogP) is 2.99. The second kappa shape index (κ2) is 7.63. The summed E-state index contributed by atoms with van der Waals surface area (Å²) in [5, 5.41) is 0. The molecule has 0 heterocycles. The third-order valence-electron chi connectivity index (χ3n) is 2.54. The molecule has 0 aromatic carbocycles. The lowest BCUT2D eigenvalue weighted by molar-refractivity contribution is -0.156. The molecule has 0 saturated heterocycles. The Morgan fingerprint density at radius 3 is 1.28 bits per heavy atom. The molecule has 0 N–H and O–H groups in total. The summed E-state index contributed by atoms with van der Waals surface area (Å²) in [5.74, 6) is -1.30. The normalized spacial score (nSPS) is 24.1. The maximum absolute atomic E-state index is 11.2. The lowest BCUT2D eigenvalue weighted by atomic mass is 9.95. The van der Waals surface area contributed by atoms with Crippen LogP contribution >= 0.6 is 46.4 Å². The van der Waals surface area contributed by atoms with Crippen molar-refractivity contribution in [3.8, 4) is 0 Å². The van der Waals surface area contributed by atoms with Crippen molar-refractivity contribution in [1.29, 1.82) is 0 Å². The topological polar surface area (TPSA) is 52.6 Å². The molecule has 104 valence electrons. The molecule has 0 unspecified atom stereocenters. The third kappa shape index (κ3) is 5.39. The molecule has 18 heavy (non-hydrogen) atoms. The Kier molecular flexibility index (Phi) is 6.85. The van der Waals surface area contributed by atoms with E-state index >= 15 is 0 Å². The van der Waals surface area contributed by atoms with Crippen molar-refractivity contribution < 1.29 is 19.1 Å². The van der Waals surface area contributed by atoms with Gasteiger partial charge in [0.15, 0.2) is 0 Å². The molecular formula is C10H12Cl4O4. The number of hydrogen-bond donors (Lipinski definition) is 0. The summed E-state index contributed by atoms with van der Waals surface area (Å²) in [4.78, 5) is 20.0. The largest absolute Gasteiger partial charge is 0.460 e. The Hall–Kier alpha value is 0.1000. The van der Waals surface area contributed by atoms with Crippen LogP contribution in [0.5, 0.6) is 0 Å². The monoisotopic (exact) mass is 336 g/mol. The summed E-state index contributed by atoms with van der Waals surface area (Å²) in [6, 6.07) is 0. The van der Waals surface area contributed by atoms with Crippen molar-refractivity contribution in [3.63, 3.8) is 0 Å². The molecule has 0 amide bonds. The Labute approximate surface area is 125 Å². The highest BCUT2D eigenvalue weighted by molar-refractivity contribution is 6.53. The molecule has 0 radical (unpaired) electrons. The molecule has 0 bridgehead atoms. The highest BCUT2D eigenvalue weighted by Gasteiger charge is 2.28. The van der Waals surface area contributed by atoms with Crippen LogP contribution in [0, 0.1) is 0 Å². The van der Waals surface area contributed by atoms with Crippen molar-refractivity contribution >= 4 is 58.3 Å². The number of esters is 2. The van der Waals surface area contributed by atoms with Gasteiger partial charge in [0.05, 0.1) is 0 Å². The van der Waals surface area contributed by atoms with Crippen molar-refractivity contribution in [2.75, 3.05) is 0 Å². The number of rotatable bonds is 4. The molecule has 0 aliphatic heterocycles. The number of hydrogen-bond acceptors (Lipinski definition) is 4. The van der Waals surface area contributed by atoms with E-state index in [9.17, 15) is 9.59 Å². The van der Waals surface area contributed by atoms with Gasteiger partial charge >= 0.3 is 11.9 Å². The first-order valence-corrected chi connectivity index (χ1v) is 7.12. The predicted molar refractivity (Wildman–Crippen MR) is 69.2 cm³/mol. The maximum atomic E-state index is 11.2. The van der Waals surface area contributed by atoms with E-state index in [1.165, 1.54) is 0 Å². The van der Waals surface area contributed by atoms with E-state index in [1.54, 1.807) is 0 Å². The minimum Gasteiger partial charge on any atom is -0.460 e. The number of halogens is 4. The Bertz CT molecular complexity index is 270. The van der Waals surface area contributed by atoms with Gasteiger partial charge in [0.2, 0.25) is 9.67 Å². The molecule has 1 saturated carbocycles. The summed E-state index contributed by atoms with van der Waals surface area (Å²) in [6.45, 7) is 0. The van der Waals surface area contributed by atoms with E-state index in [0.717, 1.165) is 0 Å². The summed E-state index contributed by atoms with van der Waals surface area (Å²) in [6.07, 6.45) is 1.85. The lowest BCUT2D eigenvalue weighted by Crippen LogP contribution is -2.31. The molecule has 1 aliphatic rings. The second-order valence-corrected chi connectivity index (χ2v) is 6.07. The zero-order valence-corrected chi connectivity index (χ0v) is 12.3. The highest BCUT2D eigenvalue weighted by atomic mass is 35.5. The van der Waals surface area contributed by atoms with Gasteiger partial charge in [-0.05, 0) is 25.7 Å². The van der Waals surface area contributed by atoms with Crippen LogP contribution in [0.1, 0.15) is 25.7 Å². The van der Waals surface area contributed by atoms with Gasteiger partial charge in [-0.1, -0.05) is 46.4 Å². The van der Waals surface area contributed by atoms with Crippen LogP contribution in [0.4, 0.5) is 0 Å². The lowest BCUT2D eigenvalue weighted by Gasteiger charge is -2.28. The van der Waals surface area contributed by atoms with E-state index in [2.05, 4.69) is 0 Å². The van der Waals surface area contributed by atoms with Crippen LogP contribution in [0.2, 0.25) is 0 Å². The number of carbonyl (C=O) groups excluding carboxylic acids is 2. The Balaban J connectivity index is 2.28. The van der Waals surface area contributed by atoms with Crippen molar-refractivity contribution in [2.24, 2.45) is 0 Å². The minimum absolute atomic E-state index is 0.241. The van der Waals surface area contributed by atoms with Gasteiger partial charge < -0.3 is 9.47 Å². The molecule has 0 atom stereocenters. The quantitative estimate of drug-likeness (QED) is 0.584. The van der Waals surface area contributed by atoms with E-state index < -0.39 is 21.6 Å². The number of alkyl halides is 4. The van der Waals surface area contributed by atoms with Gasteiger partial charge in [0.25, 0.3) is 0 Å². The van der Waals surface area contributed by atoms with E-state index in [4.69, 9.17) is 55.9 Å². The van der Waals surface area contributed by atoms with Crippen molar-refractivity contribution in [2.45, 2.75) is 47.6 Å². The number of carbonyl (C=O) groups is 2. The smallest absolute Gasteiger partial charge is 0.339 e. The van der Waals surface area contributed by atoms with Gasteiger partial charge in [-0.3, -0.25) is 0 Å². The first-order valence-electron chi connectivity index (χ1n) is 5.37. The number of ether oxygens (including phenoxy) is 2. The maximum Gasteiger partial charge on any atom is 0.339 e. The van der Waals surface area contributed by atoms with Gasteiger partial charge in [-0.2, -0.15) is 0 Å². The van der Waals surface area contributed by atoms with E-state index in [1.807, 2.05) is 0 Å². The van der Waals surface area contributed by atoms with Gasteiger partial charge in [-0.15, -0.1) is 0 Å². The fraction of sp³-hybridized carbons (Fsp3) is 0.800. The zero-order valence-electron chi connectivity index (χ0n) is 9.28. The van der Waals surface area contributed by atoms with Crippen molar-refractivity contribution in [1.82, 2.24) is 0 Å². The Morgan fingerprint density at radius 2 is 1.06 bits per heavy atom. The molecule has 1 aliphatic carbocycles. The van der Waals surface area contributed by atoms with Crippen LogP contribution in [0.15, 0.2) is 0 Å². The average molecular weight is 338 g/mol. The zero-order chi connectivity index (χ0) is 13.7. The molecule has 0 spiro atoms. The standard InChI is InChI=1S/C10H12Cl4O4/c11-7(12)9(15)17-5-1-2-6(4-3-5)18-10(16)8(13)14/h5-8H,1-4H2. The van der Waals surface area contributed by atoms with Crippen LogP contribution in [0.25, 0.3) is 0 Å². The summed E-state index contributed by atoms with van der Waals surface area (Å²) < 4.78 is 10.1. The molecule has 0 aromatic heterocycles. The first kappa shape index (κ1) is 16.2. The molecule has 8 heteroatoms. The average Bonchev–Trinajstić information content (AvgIpc) is 2.31. The third-order valence-corrected chi connectivity index (χ3v) is 3.26. The fourth-order valence-electron chi connectivity index (χ4n) is 1.70. The summed E-state index contributed by atoms with van der Waals surface area (Å²) in [5.41, 5.74) is 0. The van der Waals surface area contributed by atoms with Gasteiger partial charge in [0.1, 0.15) is 12.2 Å². The fourth-order valence-corrected chi connectivity index (χ4v) is 1.91. The molecule has 0 aromatic rings. The molecular weight excluding hydrogens is 326 g/mol. The van der Waals surface area contributed by atoms with Crippen LogP contribution < -0.4 is 0 Å². The van der Waals surface area contributed by atoms with Gasteiger partial charge in [-0.25, -0.2) is 9.59 Å².